The van der Waals surface area contributed by atoms with Gasteiger partial charge >= 0.3 is 0 Å². The Morgan fingerprint density at radius 1 is 1.29 bits per heavy atom. The second-order valence-electron chi connectivity index (χ2n) is 5.31. The zero-order valence-electron chi connectivity index (χ0n) is 9.86. The molecule has 1 saturated heterocycles. The van der Waals surface area contributed by atoms with E-state index < -0.39 is 0 Å². The quantitative estimate of drug-likeness (QED) is 0.854. The van der Waals surface area contributed by atoms with Crippen molar-refractivity contribution in [1.82, 2.24) is 0 Å². The van der Waals surface area contributed by atoms with Crippen LogP contribution in [0.5, 0.6) is 0 Å². The summed E-state index contributed by atoms with van der Waals surface area (Å²) in [5.74, 6) is 0.703. The summed E-state index contributed by atoms with van der Waals surface area (Å²) < 4.78 is 18.6. The van der Waals surface area contributed by atoms with Gasteiger partial charge in [-0.15, -0.1) is 0 Å². The van der Waals surface area contributed by atoms with Crippen molar-refractivity contribution in [2.24, 2.45) is 11.7 Å². The summed E-state index contributed by atoms with van der Waals surface area (Å²) in [4.78, 5) is 0. The second kappa shape index (κ2) is 4.07. The third-order valence-electron chi connectivity index (χ3n) is 4.28. The highest BCUT2D eigenvalue weighted by atomic mass is 19.1. The second-order valence-corrected chi connectivity index (χ2v) is 5.31. The topological polar surface area (TPSA) is 35.2 Å². The van der Waals surface area contributed by atoms with E-state index in [1.165, 1.54) is 6.07 Å². The Balaban J connectivity index is 1.75. The van der Waals surface area contributed by atoms with Crippen LogP contribution in [0.1, 0.15) is 30.7 Å². The molecule has 17 heavy (non-hydrogen) atoms. The van der Waals surface area contributed by atoms with Crippen LogP contribution in [0.15, 0.2) is 24.3 Å². The molecule has 1 heterocycles. The lowest BCUT2D eigenvalue weighted by Gasteiger charge is -2.28. The molecule has 0 amide bonds. The molecule has 1 saturated carbocycles. The number of nitrogens with two attached hydrogens (primary N) is 1. The molecule has 2 unspecified atom stereocenters. The maximum absolute atomic E-state index is 13.2. The van der Waals surface area contributed by atoms with E-state index in [0.29, 0.717) is 11.8 Å². The molecular weight excluding hydrogens is 217 g/mol. The smallest absolute Gasteiger partial charge is 0.123 e. The van der Waals surface area contributed by atoms with Gasteiger partial charge in [0.25, 0.3) is 0 Å². The standard InChI is InChI=1S/C14H18FNO/c15-12-3-1-2-10(8-12)13-9-14(13,16)11-4-6-17-7-5-11/h1-3,8,11,13H,4-7,9,16H2. The SMILES string of the molecule is NC1(C2CCOCC2)CC1c1cccc(F)c1. The first kappa shape index (κ1) is 11.2. The van der Waals surface area contributed by atoms with Crippen molar-refractivity contribution in [3.8, 4) is 0 Å². The molecule has 1 aliphatic carbocycles. The minimum atomic E-state index is -0.163. The molecule has 92 valence electrons. The molecule has 0 aromatic heterocycles. The van der Waals surface area contributed by atoms with Crippen molar-refractivity contribution < 1.29 is 9.13 Å². The van der Waals surface area contributed by atoms with Crippen molar-refractivity contribution in [1.29, 1.82) is 0 Å². The number of halogens is 1. The molecule has 0 bridgehead atoms. The minimum absolute atomic E-state index is 0.114. The summed E-state index contributed by atoms with van der Waals surface area (Å²) in [6.07, 6.45) is 3.08. The molecule has 3 heteroatoms. The summed E-state index contributed by atoms with van der Waals surface area (Å²) in [5.41, 5.74) is 7.41. The average Bonchev–Trinajstić information content (AvgIpc) is 3.05. The van der Waals surface area contributed by atoms with E-state index >= 15 is 0 Å². The predicted octanol–water partition coefficient (Wildman–Crippen LogP) is 2.44. The van der Waals surface area contributed by atoms with E-state index in [1.807, 2.05) is 6.07 Å². The van der Waals surface area contributed by atoms with Gasteiger partial charge in [-0.1, -0.05) is 12.1 Å². The Morgan fingerprint density at radius 2 is 2.06 bits per heavy atom. The van der Waals surface area contributed by atoms with Crippen LogP contribution in [-0.4, -0.2) is 18.8 Å². The first-order valence-corrected chi connectivity index (χ1v) is 6.32. The predicted molar refractivity (Wildman–Crippen MR) is 64.2 cm³/mol. The van der Waals surface area contributed by atoms with Crippen LogP contribution in [0.3, 0.4) is 0 Å². The van der Waals surface area contributed by atoms with Gasteiger partial charge in [-0.3, -0.25) is 0 Å². The van der Waals surface area contributed by atoms with E-state index in [-0.39, 0.29) is 11.4 Å². The lowest BCUT2D eigenvalue weighted by molar-refractivity contribution is 0.0544. The van der Waals surface area contributed by atoms with E-state index in [0.717, 1.165) is 38.0 Å². The van der Waals surface area contributed by atoms with Crippen LogP contribution in [0.2, 0.25) is 0 Å². The molecule has 0 radical (unpaired) electrons. The number of benzene rings is 1. The molecule has 1 aliphatic heterocycles. The molecule has 1 aromatic carbocycles. The van der Waals surface area contributed by atoms with Crippen molar-refractivity contribution in [3.05, 3.63) is 35.6 Å². The lowest BCUT2D eigenvalue weighted by Crippen LogP contribution is -2.38. The highest BCUT2D eigenvalue weighted by Gasteiger charge is 2.56. The number of hydrogen-bond acceptors (Lipinski definition) is 2. The van der Waals surface area contributed by atoms with Crippen molar-refractivity contribution in [3.63, 3.8) is 0 Å². The van der Waals surface area contributed by atoms with Crippen LogP contribution in [-0.2, 0) is 4.74 Å². The Morgan fingerprint density at radius 3 is 2.76 bits per heavy atom. The van der Waals surface area contributed by atoms with Gasteiger partial charge in [0.15, 0.2) is 0 Å². The van der Waals surface area contributed by atoms with Crippen LogP contribution >= 0.6 is 0 Å². The first-order chi connectivity index (χ1) is 8.20. The largest absolute Gasteiger partial charge is 0.381 e. The Kier molecular flexibility index (Phi) is 2.68. The summed E-state index contributed by atoms with van der Waals surface area (Å²) in [6, 6.07) is 6.87. The third kappa shape index (κ3) is 1.98. The van der Waals surface area contributed by atoms with Crippen LogP contribution < -0.4 is 5.73 Å². The Bertz CT molecular complexity index is 416. The Labute approximate surface area is 101 Å². The number of rotatable bonds is 2. The fourth-order valence-electron chi connectivity index (χ4n) is 3.13. The zero-order valence-corrected chi connectivity index (χ0v) is 9.86. The summed E-state index contributed by atoms with van der Waals surface area (Å²) in [5, 5.41) is 0. The van der Waals surface area contributed by atoms with Gasteiger partial charge < -0.3 is 10.5 Å². The summed E-state index contributed by atoms with van der Waals surface area (Å²) in [6.45, 7) is 1.64. The van der Waals surface area contributed by atoms with Crippen LogP contribution in [0.25, 0.3) is 0 Å². The lowest BCUT2D eigenvalue weighted by atomic mass is 9.87. The Hall–Kier alpha value is -0.930. The fraction of sp³-hybridized carbons (Fsp3) is 0.571. The maximum Gasteiger partial charge on any atom is 0.123 e. The van der Waals surface area contributed by atoms with Crippen LogP contribution in [0, 0.1) is 11.7 Å². The molecule has 2 aliphatic rings. The minimum Gasteiger partial charge on any atom is -0.381 e. The van der Waals surface area contributed by atoms with E-state index in [9.17, 15) is 4.39 Å². The van der Waals surface area contributed by atoms with Crippen molar-refractivity contribution >= 4 is 0 Å². The molecule has 3 rings (SSSR count). The van der Waals surface area contributed by atoms with E-state index in [4.69, 9.17) is 10.5 Å². The van der Waals surface area contributed by atoms with Gasteiger partial charge in [-0.05, 0) is 42.9 Å². The van der Waals surface area contributed by atoms with Crippen molar-refractivity contribution in [2.45, 2.75) is 30.7 Å². The van der Waals surface area contributed by atoms with Gasteiger partial charge in [0, 0.05) is 24.7 Å². The van der Waals surface area contributed by atoms with Gasteiger partial charge in [-0.25, -0.2) is 4.39 Å². The number of hydrogen-bond donors (Lipinski definition) is 1. The van der Waals surface area contributed by atoms with Crippen LogP contribution in [0.4, 0.5) is 4.39 Å². The molecular formula is C14H18FNO. The van der Waals surface area contributed by atoms with Gasteiger partial charge in [-0.2, -0.15) is 0 Å². The van der Waals surface area contributed by atoms with Gasteiger partial charge in [0.05, 0.1) is 0 Å². The van der Waals surface area contributed by atoms with Gasteiger partial charge in [0.1, 0.15) is 5.82 Å². The maximum atomic E-state index is 13.2. The van der Waals surface area contributed by atoms with E-state index in [1.54, 1.807) is 12.1 Å². The molecule has 0 spiro atoms. The molecule has 2 N–H and O–H groups in total. The third-order valence-corrected chi connectivity index (χ3v) is 4.28. The fourth-order valence-corrected chi connectivity index (χ4v) is 3.13. The van der Waals surface area contributed by atoms with Crippen molar-refractivity contribution in [2.75, 3.05) is 13.2 Å². The number of ether oxygens (including phenoxy) is 1. The highest BCUT2D eigenvalue weighted by Crippen LogP contribution is 2.56. The molecule has 2 fully saturated rings. The zero-order chi connectivity index (χ0) is 11.9. The van der Waals surface area contributed by atoms with E-state index in [2.05, 4.69) is 0 Å². The normalized spacial score (nSPS) is 33.6. The average molecular weight is 235 g/mol. The summed E-state index contributed by atoms with van der Waals surface area (Å²) in [7, 11) is 0. The summed E-state index contributed by atoms with van der Waals surface area (Å²) >= 11 is 0. The monoisotopic (exact) mass is 235 g/mol. The molecule has 2 nitrogen and oxygen atoms in total. The molecule has 2 atom stereocenters. The van der Waals surface area contributed by atoms with Gasteiger partial charge in [0.2, 0.25) is 0 Å². The molecule has 1 aromatic rings. The highest BCUT2D eigenvalue weighted by molar-refractivity contribution is 5.34. The first-order valence-electron chi connectivity index (χ1n) is 6.32.